The SMILES string of the molecule is CN(C)c1ccc(C(=N)N)cc1OC1=C2NC(=O)C(CCCCN)N=C2NC(Oc2ccccc2NC(=N)N)=N1. The van der Waals surface area contributed by atoms with E-state index in [0.717, 1.165) is 12.8 Å². The molecule has 40 heavy (non-hydrogen) atoms. The molecule has 0 spiro atoms. The molecule has 2 aliphatic rings. The maximum atomic E-state index is 12.9. The Balaban J connectivity index is 1.76. The van der Waals surface area contributed by atoms with E-state index in [4.69, 9.17) is 37.5 Å². The van der Waals surface area contributed by atoms with Gasteiger partial charge in [-0.15, -0.1) is 0 Å². The van der Waals surface area contributed by atoms with Gasteiger partial charge >= 0.3 is 6.02 Å². The third-order valence-electron chi connectivity index (χ3n) is 5.97. The number of nitrogens with zero attached hydrogens (tertiary/aromatic N) is 3. The van der Waals surface area contributed by atoms with Crippen LogP contribution in [-0.2, 0) is 4.79 Å². The Morgan fingerprint density at radius 3 is 2.55 bits per heavy atom. The summed E-state index contributed by atoms with van der Waals surface area (Å²) in [6, 6.07) is 11.4. The number of nitrogen functional groups attached to an aromatic ring is 1. The predicted molar refractivity (Wildman–Crippen MR) is 155 cm³/mol. The van der Waals surface area contributed by atoms with E-state index < -0.39 is 6.04 Å². The predicted octanol–water partition coefficient (Wildman–Crippen LogP) is 0.954. The summed E-state index contributed by atoms with van der Waals surface area (Å²) >= 11 is 0. The van der Waals surface area contributed by atoms with Crippen molar-refractivity contribution in [3.05, 3.63) is 59.6 Å². The smallest absolute Gasteiger partial charge is 0.304 e. The number of nitrogens with two attached hydrogens (primary N) is 3. The highest BCUT2D eigenvalue weighted by atomic mass is 16.5. The van der Waals surface area contributed by atoms with Crippen molar-refractivity contribution >= 4 is 40.9 Å². The molecule has 0 saturated heterocycles. The van der Waals surface area contributed by atoms with Crippen LogP contribution in [0.4, 0.5) is 11.4 Å². The monoisotopic (exact) mass is 547 g/mol. The van der Waals surface area contributed by atoms with Crippen molar-refractivity contribution in [1.29, 1.82) is 10.8 Å². The first kappa shape index (κ1) is 27.9. The third-order valence-corrected chi connectivity index (χ3v) is 5.97. The highest BCUT2D eigenvalue weighted by molar-refractivity contribution is 6.14. The van der Waals surface area contributed by atoms with Crippen LogP contribution in [0.15, 0.2) is 64.0 Å². The Hall–Kier alpha value is -5.11. The number of carbonyl (C=O) groups is 1. The molecule has 2 heterocycles. The lowest BCUT2D eigenvalue weighted by Gasteiger charge is -2.28. The number of amidine groups is 3. The number of carbonyl (C=O) groups excluding carboxylic acids is 1. The molecule has 210 valence electrons. The summed E-state index contributed by atoms with van der Waals surface area (Å²) in [6.45, 7) is 0.526. The Morgan fingerprint density at radius 2 is 1.85 bits per heavy atom. The van der Waals surface area contributed by atoms with Gasteiger partial charge in [0.1, 0.15) is 17.6 Å². The zero-order chi connectivity index (χ0) is 28.8. The van der Waals surface area contributed by atoms with Gasteiger partial charge in [0.2, 0.25) is 5.91 Å². The minimum atomic E-state index is -0.636. The molecule has 0 aliphatic carbocycles. The molecule has 1 amide bonds. The Bertz CT molecular complexity index is 1410. The molecule has 2 aliphatic heterocycles. The van der Waals surface area contributed by atoms with E-state index in [0.29, 0.717) is 47.2 Å². The lowest BCUT2D eigenvalue weighted by Crippen LogP contribution is -2.50. The van der Waals surface area contributed by atoms with Gasteiger partial charge in [0.15, 0.2) is 23.3 Å². The number of hydrogen-bond acceptors (Lipinski definition) is 10. The first-order chi connectivity index (χ1) is 19.2. The van der Waals surface area contributed by atoms with Gasteiger partial charge in [0, 0.05) is 19.7 Å². The van der Waals surface area contributed by atoms with Crippen LogP contribution in [0.2, 0.25) is 0 Å². The van der Waals surface area contributed by atoms with Gasteiger partial charge in [-0.3, -0.25) is 25.9 Å². The number of guanidine groups is 1. The number of amides is 1. The van der Waals surface area contributed by atoms with Crippen LogP contribution in [0.5, 0.6) is 11.5 Å². The van der Waals surface area contributed by atoms with Crippen LogP contribution in [-0.4, -0.2) is 56.2 Å². The van der Waals surface area contributed by atoms with Gasteiger partial charge in [-0.1, -0.05) is 12.1 Å². The van der Waals surface area contributed by atoms with E-state index in [-0.39, 0.29) is 35.3 Å². The van der Waals surface area contributed by atoms with E-state index in [1.54, 1.807) is 42.5 Å². The maximum Gasteiger partial charge on any atom is 0.304 e. The van der Waals surface area contributed by atoms with Crippen LogP contribution in [0.25, 0.3) is 0 Å². The summed E-state index contributed by atoms with van der Waals surface area (Å²) in [5.41, 5.74) is 18.7. The number of benzene rings is 2. The number of fused-ring (bicyclic) bond motifs is 1. The molecule has 0 fully saturated rings. The summed E-state index contributed by atoms with van der Waals surface area (Å²) in [7, 11) is 3.68. The Kier molecular flexibility index (Phi) is 8.49. The second kappa shape index (κ2) is 12.2. The minimum absolute atomic E-state index is 0.0151. The molecule has 1 unspecified atom stereocenters. The number of para-hydroxylation sites is 2. The molecule has 0 saturated carbocycles. The number of hydrogen-bond donors (Lipinski definition) is 8. The van der Waals surface area contributed by atoms with Crippen LogP contribution in [0.1, 0.15) is 24.8 Å². The molecular formula is C26H33N11O3. The van der Waals surface area contributed by atoms with Crippen LogP contribution in [0, 0.1) is 10.8 Å². The van der Waals surface area contributed by atoms with Crippen molar-refractivity contribution in [3.63, 3.8) is 0 Å². The largest absolute Gasteiger partial charge is 0.435 e. The second-order valence-corrected chi connectivity index (χ2v) is 9.22. The van der Waals surface area contributed by atoms with Gasteiger partial charge in [-0.25, -0.2) is 0 Å². The first-order valence-corrected chi connectivity index (χ1v) is 12.6. The quantitative estimate of drug-likeness (QED) is 0.120. The van der Waals surface area contributed by atoms with E-state index in [1.165, 1.54) is 0 Å². The highest BCUT2D eigenvalue weighted by Crippen LogP contribution is 2.32. The van der Waals surface area contributed by atoms with Crippen molar-refractivity contribution in [1.82, 2.24) is 10.6 Å². The molecular weight excluding hydrogens is 514 g/mol. The lowest BCUT2D eigenvalue weighted by molar-refractivity contribution is -0.122. The highest BCUT2D eigenvalue weighted by Gasteiger charge is 2.34. The maximum absolute atomic E-state index is 12.9. The number of anilines is 2. The van der Waals surface area contributed by atoms with Crippen molar-refractivity contribution in [2.45, 2.75) is 25.3 Å². The molecule has 0 bridgehead atoms. The van der Waals surface area contributed by atoms with E-state index >= 15 is 0 Å². The van der Waals surface area contributed by atoms with Gasteiger partial charge in [0.05, 0.1) is 11.4 Å². The molecule has 2 aromatic rings. The fourth-order valence-corrected chi connectivity index (χ4v) is 4.02. The minimum Gasteiger partial charge on any atom is -0.435 e. The third kappa shape index (κ3) is 6.47. The number of nitrogens with one attached hydrogen (secondary N) is 5. The van der Waals surface area contributed by atoms with Crippen molar-refractivity contribution in [2.75, 3.05) is 30.9 Å². The zero-order valence-corrected chi connectivity index (χ0v) is 22.2. The van der Waals surface area contributed by atoms with E-state index in [1.807, 2.05) is 19.0 Å². The normalized spacial score (nSPS) is 16.1. The molecule has 2 aromatic carbocycles. The number of rotatable bonds is 10. The van der Waals surface area contributed by atoms with Crippen LogP contribution in [0.3, 0.4) is 0 Å². The Morgan fingerprint density at radius 1 is 1.07 bits per heavy atom. The van der Waals surface area contributed by atoms with Gasteiger partial charge in [-0.2, -0.15) is 4.99 Å². The van der Waals surface area contributed by atoms with Crippen molar-refractivity contribution in [3.8, 4) is 11.5 Å². The average Bonchev–Trinajstić information content (AvgIpc) is 2.90. The van der Waals surface area contributed by atoms with Gasteiger partial charge < -0.3 is 42.2 Å². The van der Waals surface area contributed by atoms with Crippen molar-refractivity contribution in [2.24, 2.45) is 27.2 Å². The average molecular weight is 548 g/mol. The molecule has 4 rings (SSSR count). The van der Waals surface area contributed by atoms with Crippen LogP contribution < -0.4 is 47.5 Å². The number of aliphatic imine (C=N–C) groups is 2. The summed E-state index contributed by atoms with van der Waals surface area (Å²) in [5, 5.41) is 24.0. The molecule has 0 radical (unpaired) electrons. The van der Waals surface area contributed by atoms with Crippen LogP contribution >= 0.6 is 0 Å². The fourth-order valence-electron chi connectivity index (χ4n) is 4.02. The summed E-state index contributed by atoms with van der Waals surface area (Å²) in [4.78, 5) is 23.9. The summed E-state index contributed by atoms with van der Waals surface area (Å²) in [6.07, 6.45) is 2.02. The van der Waals surface area contributed by atoms with Crippen molar-refractivity contribution < 1.29 is 14.3 Å². The molecule has 0 aromatic heterocycles. The number of ether oxygens (including phenoxy) is 2. The lowest BCUT2D eigenvalue weighted by atomic mass is 10.1. The van der Waals surface area contributed by atoms with E-state index in [9.17, 15) is 4.79 Å². The molecule has 14 heteroatoms. The summed E-state index contributed by atoms with van der Waals surface area (Å²) < 4.78 is 12.3. The first-order valence-electron chi connectivity index (χ1n) is 12.6. The fraction of sp³-hybridized carbons (Fsp3) is 0.269. The zero-order valence-electron chi connectivity index (χ0n) is 22.2. The topological polar surface area (TPSA) is 225 Å². The Labute approximate surface area is 231 Å². The second-order valence-electron chi connectivity index (χ2n) is 9.22. The van der Waals surface area contributed by atoms with Gasteiger partial charge in [-0.05, 0) is 56.1 Å². The molecule has 14 nitrogen and oxygen atoms in total. The summed E-state index contributed by atoms with van der Waals surface area (Å²) in [5.74, 6) is 0.322. The standard InChI is InChI=1S/C26H33N11O3/c1-37(2)17-11-10-14(21(28)29)13-19(17)39-24-20-22(32-16(23(38)34-20)8-5-6-12-27)35-26(36-24)40-18-9-4-3-7-15(18)33-25(30)31/h3-4,7,9-11,13,16H,5-6,8,12,27H2,1-2H3,(H3,28,29)(H,34,38)(H4,30,31,33)(H,32,35,36). The molecule has 11 N–H and O–H groups in total. The molecule has 1 atom stereocenters. The number of unbranched alkanes of at least 4 members (excludes halogenated alkanes) is 1. The van der Waals surface area contributed by atoms with E-state index in [2.05, 4.69) is 25.9 Å². The van der Waals surface area contributed by atoms with Gasteiger partial charge in [0.25, 0.3) is 5.88 Å².